The van der Waals surface area contributed by atoms with Gasteiger partial charge in [-0.15, -0.1) is 0 Å². The molecule has 0 saturated heterocycles. The second-order valence-corrected chi connectivity index (χ2v) is 5.87. The van der Waals surface area contributed by atoms with E-state index in [0.717, 1.165) is 6.07 Å². The highest BCUT2D eigenvalue weighted by Crippen LogP contribution is 2.20. The normalized spacial score (nSPS) is 10.4. The van der Waals surface area contributed by atoms with E-state index in [1.807, 2.05) is 0 Å². The van der Waals surface area contributed by atoms with Crippen molar-refractivity contribution in [1.29, 1.82) is 0 Å². The van der Waals surface area contributed by atoms with E-state index in [1.165, 1.54) is 19.2 Å². The summed E-state index contributed by atoms with van der Waals surface area (Å²) in [4.78, 5) is 27.5. The molecular formula is C20H14F3N3O2. The third kappa shape index (κ3) is 4.17. The molecule has 0 aliphatic carbocycles. The largest absolute Gasteiger partial charge is 0.354 e. The minimum absolute atomic E-state index is 0.0655. The maximum atomic E-state index is 13.7. The van der Waals surface area contributed by atoms with Gasteiger partial charge in [-0.05, 0) is 43.3 Å². The number of Topliss-reactive ketones (excluding diaryl/α,β-unsaturated/α-hetero) is 1. The minimum Gasteiger partial charge on any atom is -0.354 e. The highest BCUT2D eigenvalue weighted by molar-refractivity contribution is 6.04. The van der Waals surface area contributed by atoms with Gasteiger partial charge in [0.1, 0.15) is 5.82 Å². The number of carbonyl (C=O) groups excluding carboxylic acids is 2. The van der Waals surface area contributed by atoms with E-state index in [9.17, 15) is 22.8 Å². The van der Waals surface area contributed by atoms with Gasteiger partial charge in [0.2, 0.25) is 0 Å². The first-order valence-corrected chi connectivity index (χ1v) is 8.14. The number of hydrogen-bond acceptors (Lipinski definition) is 4. The molecule has 0 fully saturated rings. The van der Waals surface area contributed by atoms with Crippen molar-refractivity contribution in [3.05, 3.63) is 83.3 Å². The first-order valence-electron chi connectivity index (χ1n) is 8.14. The molecule has 3 rings (SSSR count). The zero-order valence-electron chi connectivity index (χ0n) is 14.6. The summed E-state index contributed by atoms with van der Waals surface area (Å²) in [6.45, 7) is 1.47. The number of nitrogens with one attached hydrogen (secondary N) is 2. The summed E-state index contributed by atoms with van der Waals surface area (Å²) in [5.74, 6) is -5.59. The molecule has 3 aromatic rings. The van der Waals surface area contributed by atoms with E-state index in [2.05, 4.69) is 15.6 Å². The second-order valence-electron chi connectivity index (χ2n) is 5.87. The quantitative estimate of drug-likeness (QED) is 0.493. The Bertz CT molecular complexity index is 1050. The van der Waals surface area contributed by atoms with Crippen molar-refractivity contribution in [3.8, 4) is 0 Å². The predicted octanol–water partition coefficient (Wildman–Crippen LogP) is 4.70. The van der Waals surface area contributed by atoms with Crippen LogP contribution in [0.5, 0.6) is 0 Å². The molecule has 2 aromatic carbocycles. The van der Waals surface area contributed by atoms with Crippen LogP contribution in [0, 0.1) is 17.5 Å². The summed E-state index contributed by atoms with van der Waals surface area (Å²) < 4.78 is 39.9. The minimum atomic E-state index is -1.71. The number of amides is 1. The zero-order valence-corrected chi connectivity index (χ0v) is 14.6. The van der Waals surface area contributed by atoms with Gasteiger partial charge in [0, 0.05) is 11.3 Å². The summed E-state index contributed by atoms with van der Waals surface area (Å²) >= 11 is 0. The van der Waals surface area contributed by atoms with Crippen molar-refractivity contribution in [2.24, 2.45) is 0 Å². The molecule has 2 N–H and O–H groups in total. The highest BCUT2D eigenvalue weighted by Gasteiger charge is 2.19. The van der Waals surface area contributed by atoms with Gasteiger partial charge in [-0.2, -0.15) is 0 Å². The van der Waals surface area contributed by atoms with Crippen molar-refractivity contribution < 1.29 is 22.8 Å². The van der Waals surface area contributed by atoms with E-state index in [1.54, 1.807) is 30.3 Å². The van der Waals surface area contributed by atoms with Crippen molar-refractivity contribution in [2.75, 3.05) is 10.6 Å². The van der Waals surface area contributed by atoms with Crippen LogP contribution in [0.3, 0.4) is 0 Å². The van der Waals surface area contributed by atoms with Crippen molar-refractivity contribution in [1.82, 2.24) is 4.98 Å². The molecule has 142 valence electrons. The average Bonchev–Trinajstić information content (AvgIpc) is 2.68. The average molecular weight is 385 g/mol. The third-order valence-electron chi connectivity index (χ3n) is 3.84. The Morgan fingerprint density at radius 1 is 0.929 bits per heavy atom. The first-order chi connectivity index (χ1) is 13.3. The molecule has 0 saturated carbocycles. The summed E-state index contributed by atoms with van der Waals surface area (Å²) in [6.07, 6.45) is 1.41. The number of carbonyl (C=O) groups is 2. The smallest absolute Gasteiger partial charge is 0.259 e. The summed E-state index contributed by atoms with van der Waals surface area (Å²) in [5, 5.41) is 5.36. The topological polar surface area (TPSA) is 71.1 Å². The van der Waals surface area contributed by atoms with E-state index >= 15 is 0 Å². The maximum Gasteiger partial charge on any atom is 0.259 e. The highest BCUT2D eigenvalue weighted by atomic mass is 19.2. The number of rotatable bonds is 5. The van der Waals surface area contributed by atoms with Gasteiger partial charge in [0.05, 0.1) is 17.4 Å². The Morgan fingerprint density at radius 2 is 1.71 bits per heavy atom. The van der Waals surface area contributed by atoms with Gasteiger partial charge < -0.3 is 10.6 Å². The number of anilines is 3. The lowest BCUT2D eigenvalue weighted by atomic mass is 10.1. The van der Waals surface area contributed by atoms with Gasteiger partial charge in [0.15, 0.2) is 23.2 Å². The summed E-state index contributed by atoms with van der Waals surface area (Å²) in [6, 6.07) is 11.5. The first kappa shape index (κ1) is 19.1. The number of hydrogen-bond donors (Lipinski definition) is 2. The van der Waals surface area contributed by atoms with E-state index in [-0.39, 0.29) is 11.6 Å². The lowest BCUT2D eigenvalue weighted by Gasteiger charge is -2.09. The molecule has 5 nitrogen and oxygen atoms in total. The Kier molecular flexibility index (Phi) is 5.39. The van der Waals surface area contributed by atoms with Crippen LogP contribution >= 0.6 is 0 Å². The number of pyridine rings is 1. The van der Waals surface area contributed by atoms with Gasteiger partial charge >= 0.3 is 0 Å². The molecule has 0 aliphatic rings. The van der Waals surface area contributed by atoms with E-state index < -0.39 is 28.9 Å². The monoisotopic (exact) mass is 385 g/mol. The SMILES string of the molecule is CC(=O)c1cccc(Nc2ccc(NC(=O)c3ccc(F)c(F)c3F)nc2)c1. The Labute approximate surface area is 158 Å². The van der Waals surface area contributed by atoms with Gasteiger partial charge in [-0.25, -0.2) is 18.2 Å². The second kappa shape index (κ2) is 7.91. The van der Waals surface area contributed by atoms with Crippen LogP contribution in [0.2, 0.25) is 0 Å². The standard InChI is InChI=1S/C20H14F3N3O2/c1-11(27)12-3-2-4-13(9-12)25-14-5-8-17(24-10-14)26-20(28)15-6-7-16(21)19(23)18(15)22/h2-10,25H,1H3,(H,24,26,28). The van der Waals surface area contributed by atoms with Crippen LogP contribution < -0.4 is 10.6 Å². The van der Waals surface area contributed by atoms with Gasteiger partial charge in [-0.3, -0.25) is 9.59 Å². The number of aromatic nitrogens is 1. The van der Waals surface area contributed by atoms with Crippen molar-refractivity contribution in [2.45, 2.75) is 6.92 Å². The van der Waals surface area contributed by atoms with E-state index in [0.29, 0.717) is 23.0 Å². The Hall–Kier alpha value is -3.68. The third-order valence-corrected chi connectivity index (χ3v) is 3.84. The number of halogens is 3. The summed E-state index contributed by atoms with van der Waals surface area (Å²) in [7, 11) is 0. The van der Waals surface area contributed by atoms with Crippen LogP contribution in [0.1, 0.15) is 27.6 Å². The molecule has 0 spiro atoms. The van der Waals surface area contributed by atoms with Crippen LogP contribution in [0.4, 0.5) is 30.4 Å². The number of nitrogens with zero attached hydrogens (tertiary/aromatic N) is 1. The fraction of sp³-hybridized carbons (Fsp3) is 0.0500. The molecule has 28 heavy (non-hydrogen) atoms. The molecule has 0 atom stereocenters. The molecule has 0 aliphatic heterocycles. The van der Waals surface area contributed by atoms with Crippen molar-refractivity contribution in [3.63, 3.8) is 0 Å². The molecule has 1 aromatic heterocycles. The molecular weight excluding hydrogens is 371 g/mol. The van der Waals surface area contributed by atoms with Crippen LogP contribution in [-0.2, 0) is 0 Å². The molecule has 1 heterocycles. The Morgan fingerprint density at radius 3 is 2.39 bits per heavy atom. The molecule has 1 amide bonds. The Balaban J connectivity index is 1.71. The van der Waals surface area contributed by atoms with Gasteiger partial charge in [-0.1, -0.05) is 12.1 Å². The lowest BCUT2D eigenvalue weighted by molar-refractivity contribution is 0.101. The maximum absolute atomic E-state index is 13.7. The fourth-order valence-corrected chi connectivity index (χ4v) is 2.41. The predicted molar refractivity (Wildman–Crippen MR) is 98.2 cm³/mol. The zero-order chi connectivity index (χ0) is 20.3. The molecule has 8 heteroatoms. The van der Waals surface area contributed by atoms with Crippen LogP contribution in [0.15, 0.2) is 54.7 Å². The number of ketones is 1. The molecule has 0 bridgehead atoms. The number of benzene rings is 2. The fourth-order valence-electron chi connectivity index (χ4n) is 2.41. The van der Waals surface area contributed by atoms with Crippen LogP contribution in [-0.4, -0.2) is 16.7 Å². The lowest BCUT2D eigenvalue weighted by Crippen LogP contribution is -2.16. The van der Waals surface area contributed by atoms with Gasteiger partial charge in [0.25, 0.3) is 5.91 Å². The summed E-state index contributed by atoms with van der Waals surface area (Å²) in [5.41, 5.74) is 1.17. The molecule has 0 radical (unpaired) electrons. The molecule has 0 unspecified atom stereocenters. The van der Waals surface area contributed by atoms with E-state index in [4.69, 9.17) is 0 Å². The van der Waals surface area contributed by atoms with Crippen molar-refractivity contribution >= 4 is 28.9 Å². The van der Waals surface area contributed by atoms with Crippen LogP contribution in [0.25, 0.3) is 0 Å².